The molecule has 1 rings (SSSR count). The Hall–Kier alpha value is -1.30. The van der Waals surface area contributed by atoms with Crippen LogP contribution in [-0.4, -0.2) is 61.6 Å². The molecule has 1 saturated heterocycles. The largest absolute Gasteiger partial charge is 0.386 e. The van der Waals surface area contributed by atoms with Crippen molar-refractivity contribution < 1.29 is 9.53 Å². The summed E-state index contributed by atoms with van der Waals surface area (Å²) in [5.41, 5.74) is 5.21. The van der Waals surface area contributed by atoms with Gasteiger partial charge in [-0.2, -0.15) is 0 Å². The van der Waals surface area contributed by atoms with Crippen LogP contribution < -0.4 is 5.73 Å². The minimum absolute atomic E-state index is 0.00545. The van der Waals surface area contributed by atoms with Crippen molar-refractivity contribution in [3.8, 4) is 0 Å². The standard InChI is InChI=1S/C8H16N4O2/c1-11(6-7(9)10)8(13)12-2-4-14-5-3-12/h2-6H2,1H3,(H3,9,10). The second-order valence-electron chi connectivity index (χ2n) is 3.26. The van der Waals surface area contributed by atoms with E-state index >= 15 is 0 Å². The van der Waals surface area contributed by atoms with Crippen molar-refractivity contribution in [1.82, 2.24) is 9.80 Å². The normalized spacial score (nSPS) is 16.5. The van der Waals surface area contributed by atoms with Gasteiger partial charge < -0.3 is 20.3 Å². The highest BCUT2D eigenvalue weighted by molar-refractivity contribution is 5.84. The number of nitrogens with zero attached hydrogens (tertiary/aromatic N) is 2. The van der Waals surface area contributed by atoms with Gasteiger partial charge in [0.05, 0.1) is 19.8 Å². The summed E-state index contributed by atoms with van der Waals surface area (Å²) < 4.78 is 5.13. The third-order valence-electron chi connectivity index (χ3n) is 2.02. The number of nitrogens with one attached hydrogen (secondary N) is 1. The van der Waals surface area contributed by atoms with Gasteiger partial charge in [0.15, 0.2) is 0 Å². The zero-order valence-corrected chi connectivity index (χ0v) is 8.32. The molecule has 1 fully saturated rings. The summed E-state index contributed by atoms with van der Waals surface area (Å²) in [6, 6.07) is -0.0940. The average molecular weight is 200 g/mol. The van der Waals surface area contributed by atoms with Crippen molar-refractivity contribution in [3.05, 3.63) is 0 Å². The van der Waals surface area contributed by atoms with E-state index in [2.05, 4.69) is 0 Å². The summed E-state index contributed by atoms with van der Waals surface area (Å²) in [4.78, 5) is 14.8. The SMILES string of the molecule is CN(CC(=N)N)C(=O)N1CCOCC1. The zero-order valence-electron chi connectivity index (χ0n) is 8.32. The number of amides is 2. The molecule has 0 unspecified atom stereocenters. The number of rotatable bonds is 2. The molecule has 1 heterocycles. The van der Waals surface area contributed by atoms with E-state index in [1.807, 2.05) is 0 Å². The molecular weight excluding hydrogens is 184 g/mol. The molecule has 0 aromatic rings. The van der Waals surface area contributed by atoms with E-state index < -0.39 is 0 Å². The number of carbonyl (C=O) groups is 1. The maximum atomic E-state index is 11.7. The number of likely N-dealkylation sites (N-methyl/N-ethyl adjacent to an activating group) is 1. The first-order valence-electron chi connectivity index (χ1n) is 4.52. The Bertz CT molecular complexity index is 225. The Balaban J connectivity index is 2.42. The van der Waals surface area contributed by atoms with Crippen molar-refractivity contribution in [2.24, 2.45) is 5.73 Å². The van der Waals surface area contributed by atoms with Crippen LogP contribution in [0.25, 0.3) is 0 Å². The number of nitrogens with two attached hydrogens (primary N) is 1. The van der Waals surface area contributed by atoms with Crippen LogP contribution in [0.15, 0.2) is 0 Å². The van der Waals surface area contributed by atoms with E-state index in [9.17, 15) is 4.79 Å². The predicted molar refractivity (Wildman–Crippen MR) is 52.3 cm³/mol. The number of amidine groups is 1. The van der Waals surface area contributed by atoms with E-state index in [1.54, 1.807) is 11.9 Å². The Labute approximate surface area is 83.1 Å². The Kier molecular flexibility index (Phi) is 3.70. The van der Waals surface area contributed by atoms with Crippen LogP contribution in [0, 0.1) is 5.41 Å². The molecule has 0 bridgehead atoms. The molecule has 1 aliphatic heterocycles. The molecule has 6 heteroatoms. The highest BCUT2D eigenvalue weighted by Gasteiger charge is 2.20. The molecule has 3 N–H and O–H groups in total. The number of hydrogen-bond donors (Lipinski definition) is 2. The number of urea groups is 1. The van der Waals surface area contributed by atoms with E-state index in [1.165, 1.54) is 4.90 Å². The summed E-state index contributed by atoms with van der Waals surface area (Å²) in [6.45, 7) is 2.57. The van der Waals surface area contributed by atoms with Gasteiger partial charge in [-0.3, -0.25) is 5.41 Å². The van der Waals surface area contributed by atoms with Crippen LogP contribution >= 0.6 is 0 Å². The lowest BCUT2D eigenvalue weighted by Crippen LogP contribution is -2.48. The van der Waals surface area contributed by atoms with E-state index in [0.717, 1.165) is 0 Å². The molecule has 0 spiro atoms. The van der Waals surface area contributed by atoms with Gasteiger partial charge in [0.2, 0.25) is 0 Å². The lowest BCUT2D eigenvalue weighted by Gasteiger charge is -2.30. The average Bonchev–Trinajstić information content (AvgIpc) is 2.17. The molecule has 0 aliphatic carbocycles. The van der Waals surface area contributed by atoms with Crippen LogP contribution in [0.5, 0.6) is 0 Å². The first kappa shape index (κ1) is 10.8. The van der Waals surface area contributed by atoms with Gasteiger partial charge in [-0.05, 0) is 0 Å². The van der Waals surface area contributed by atoms with Gasteiger partial charge in [-0.25, -0.2) is 4.79 Å². The highest BCUT2D eigenvalue weighted by Crippen LogP contribution is 2.01. The molecule has 0 saturated carbocycles. The number of carbonyl (C=O) groups excluding carboxylic acids is 1. The van der Waals surface area contributed by atoms with Crippen LogP contribution in [0.1, 0.15) is 0 Å². The molecule has 2 amide bonds. The highest BCUT2D eigenvalue weighted by atomic mass is 16.5. The molecule has 0 atom stereocenters. The van der Waals surface area contributed by atoms with Crippen molar-refractivity contribution in [3.63, 3.8) is 0 Å². The van der Waals surface area contributed by atoms with Crippen molar-refractivity contribution in [2.45, 2.75) is 0 Å². The van der Waals surface area contributed by atoms with Crippen LogP contribution in [0.2, 0.25) is 0 Å². The summed E-state index contributed by atoms with van der Waals surface area (Å²) in [7, 11) is 1.64. The molecule has 14 heavy (non-hydrogen) atoms. The van der Waals surface area contributed by atoms with Crippen molar-refractivity contribution in [2.75, 3.05) is 39.9 Å². The topological polar surface area (TPSA) is 82.7 Å². The lowest BCUT2D eigenvalue weighted by molar-refractivity contribution is 0.0463. The van der Waals surface area contributed by atoms with Crippen LogP contribution in [0.4, 0.5) is 4.79 Å². The zero-order chi connectivity index (χ0) is 10.6. The van der Waals surface area contributed by atoms with E-state index in [4.69, 9.17) is 15.9 Å². The predicted octanol–water partition coefficient (Wildman–Crippen LogP) is -0.694. The molecule has 1 aliphatic rings. The summed E-state index contributed by atoms with van der Waals surface area (Å²) in [5, 5.41) is 7.07. The maximum absolute atomic E-state index is 11.7. The van der Waals surface area contributed by atoms with Crippen LogP contribution in [-0.2, 0) is 4.74 Å². The first-order chi connectivity index (χ1) is 6.61. The Morgan fingerprint density at radius 2 is 2.14 bits per heavy atom. The second kappa shape index (κ2) is 4.80. The van der Waals surface area contributed by atoms with Gasteiger partial charge in [0, 0.05) is 20.1 Å². The minimum Gasteiger partial charge on any atom is -0.386 e. The van der Waals surface area contributed by atoms with E-state index in [0.29, 0.717) is 26.3 Å². The molecule has 0 aromatic heterocycles. The Morgan fingerprint density at radius 3 is 2.64 bits per heavy atom. The third-order valence-corrected chi connectivity index (χ3v) is 2.02. The van der Waals surface area contributed by atoms with Gasteiger partial charge in [-0.15, -0.1) is 0 Å². The quantitative estimate of drug-likeness (QED) is 0.457. The summed E-state index contributed by atoms with van der Waals surface area (Å²) in [5.74, 6) is -0.00545. The number of morpholine rings is 1. The van der Waals surface area contributed by atoms with Gasteiger partial charge in [-0.1, -0.05) is 0 Å². The lowest BCUT2D eigenvalue weighted by atomic mass is 10.4. The van der Waals surface area contributed by atoms with Crippen molar-refractivity contribution >= 4 is 11.9 Å². The van der Waals surface area contributed by atoms with Crippen molar-refractivity contribution in [1.29, 1.82) is 5.41 Å². The molecule has 80 valence electrons. The monoisotopic (exact) mass is 200 g/mol. The van der Waals surface area contributed by atoms with E-state index in [-0.39, 0.29) is 18.4 Å². The fraction of sp³-hybridized carbons (Fsp3) is 0.750. The van der Waals surface area contributed by atoms with Gasteiger partial charge in [0.1, 0.15) is 5.84 Å². The molecule has 6 nitrogen and oxygen atoms in total. The molecule has 0 radical (unpaired) electrons. The maximum Gasteiger partial charge on any atom is 0.320 e. The molecular formula is C8H16N4O2. The summed E-state index contributed by atoms with van der Waals surface area (Å²) in [6.07, 6.45) is 0. The third kappa shape index (κ3) is 2.88. The number of ether oxygens (including phenoxy) is 1. The molecule has 0 aromatic carbocycles. The fourth-order valence-electron chi connectivity index (χ4n) is 1.32. The smallest absolute Gasteiger partial charge is 0.320 e. The fourth-order valence-corrected chi connectivity index (χ4v) is 1.32. The minimum atomic E-state index is -0.0940. The van der Waals surface area contributed by atoms with Gasteiger partial charge in [0.25, 0.3) is 0 Å². The van der Waals surface area contributed by atoms with Crippen LogP contribution in [0.3, 0.4) is 0 Å². The second-order valence-corrected chi connectivity index (χ2v) is 3.26. The summed E-state index contributed by atoms with van der Waals surface area (Å²) >= 11 is 0. The van der Waals surface area contributed by atoms with Gasteiger partial charge >= 0.3 is 6.03 Å². The Morgan fingerprint density at radius 1 is 1.57 bits per heavy atom. The first-order valence-corrected chi connectivity index (χ1v) is 4.52. The number of hydrogen-bond acceptors (Lipinski definition) is 3.